The van der Waals surface area contributed by atoms with E-state index in [9.17, 15) is 15.0 Å². The van der Waals surface area contributed by atoms with Gasteiger partial charge < -0.3 is 15.3 Å². The maximum absolute atomic E-state index is 10.4. The number of aliphatic carboxylic acids is 1. The number of carboxylic acid groups (broad SMARTS) is 1. The number of benzene rings is 1. The normalized spacial score (nSPS) is 14.4. The number of aliphatic hydroxyl groups is 2. The standard InChI is InChI=1S/C12H16O4/c1-2-8-4-3-5-9(6-8)12(16)10(13)7-11(14)15/h3-6,10,12-13,16H,2,7H2,1H3,(H,14,15). The Balaban J connectivity index is 2.78. The quantitative estimate of drug-likeness (QED) is 0.700. The van der Waals surface area contributed by atoms with Crippen LogP contribution in [0.4, 0.5) is 0 Å². The van der Waals surface area contributed by atoms with Gasteiger partial charge in [0, 0.05) is 0 Å². The molecule has 1 aromatic rings. The van der Waals surface area contributed by atoms with Gasteiger partial charge in [-0.3, -0.25) is 4.79 Å². The van der Waals surface area contributed by atoms with Crippen molar-refractivity contribution >= 4 is 5.97 Å². The van der Waals surface area contributed by atoms with Gasteiger partial charge in [0.25, 0.3) is 0 Å². The lowest BCUT2D eigenvalue weighted by atomic mass is 9.99. The van der Waals surface area contributed by atoms with Crippen molar-refractivity contribution in [2.24, 2.45) is 0 Å². The molecule has 2 unspecified atom stereocenters. The Kier molecular flexibility index (Phi) is 4.46. The summed E-state index contributed by atoms with van der Waals surface area (Å²) in [4.78, 5) is 10.4. The van der Waals surface area contributed by atoms with Crippen LogP contribution in [0.2, 0.25) is 0 Å². The Bertz CT molecular complexity index is 362. The molecule has 0 saturated heterocycles. The van der Waals surface area contributed by atoms with Crippen LogP contribution in [-0.2, 0) is 11.2 Å². The van der Waals surface area contributed by atoms with Crippen molar-refractivity contribution in [2.75, 3.05) is 0 Å². The van der Waals surface area contributed by atoms with E-state index in [0.29, 0.717) is 5.56 Å². The SMILES string of the molecule is CCc1cccc(C(O)C(O)CC(=O)O)c1. The first kappa shape index (κ1) is 12.7. The maximum atomic E-state index is 10.4. The first-order valence-electron chi connectivity index (χ1n) is 5.21. The van der Waals surface area contributed by atoms with Crippen LogP contribution in [0.15, 0.2) is 24.3 Å². The molecule has 88 valence electrons. The Morgan fingerprint density at radius 3 is 2.62 bits per heavy atom. The lowest BCUT2D eigenvalue weighted by Gasteiger charge is -2.17. The molecule has 0 aliphatic heterocycles. The van der Waals surface area contributed by atoms with Crippen LogP contribution < -0.4 is 0 Å². The van der Waals surface area contributed by atoms with Crippen molar-refractivity contribution < 1.29 is 20.1 Å². The molecule has 0 spiro atoms. The molecule has 2 atom stereocenters. The van der Waals surface area contributed by atoms with Gasteiger partial charge in [-0.25, -0.2) is 0 Å². The monoisotopic (exact) mass is 224 g/mol. The van der Waals surface area contributed by atoms with Crippen molar-refractivity contribution in [1.29, 1.82) is 0 Å². The van der Waals surface area contributed by atoms with Crippen LogP contribution in [0.25, 0.3) is 0 Å². The number of carboxylic acids is 1. The van der Waals surface area contributed by atoms with Crippen molar-refractivity contribution in [3.05, 3.63) is 35.4 Å². The van der Waals surface area contributed by atoms with Crippen molar-refractivity contribution in [3.63, 3.8) is 0 Å². The Morgan fingerprint density at radius 1 is 1.38 bits per heavy atom. The van der Waals surface area contributed by atoms with Crippen LogP contribution in [0.1, 0.15) is 30.6 Å². The van der Waals surface area contributed by atoms with Gasteiger partial charge in [-0.15, -0.1) is 0 Å². The number of hydrogen-bond donors (Lipinski definition) is 3. The van der Waals surface area contributed by atoms with E-state index >= 15 is 0 Å². The topological polar surface area (TPSA) is 77.8 Å². The summed E-state index contributed by atoms with van der Waals surface area (Å²) in [6.07, 6.45) is -2.06. The fraction of sp³-hybridized carbons (Fsp3) is 0.417. The number of aliphatic hydroxyl groups excluding tert-OH is 2. The lowest BCUT2D eigenvalue weighted by molar-refractivity contribution is -0.141. The van der Waals surface area contributed by atoms with E-state index in [1.165, 1.54) is 0 Å². The second-order valence-corrected chi connectivity index (χ2v) is 3.71. The zero-order chi connectivity index (χ0) is 12.1. The minimum atomic E-state index is -1.27. The first-order valence-corrected chi connectivity index (χ1v) is 5.21. The van der Waals surface area contributed by atoms with Crippen molar-refractivity contribution in [1.82, 2.24) is 0 Å². The van der Waals surface area contributed by atoms with E-state index in [4.69, 9.17) is 5.11 Å². The number of aryl methyl sites for hydroxylation is 1. The van der Waals surface area contributed by atoms with Gasteiger partial charge in [0.1, 0.15) is 6.10 Å². The third-order valence-corrected chi connectivity index (χ3v) is 2.45. The highest BCUT2D eigenvalue weighted by Gasteiger charge is 2.21. The van der Waals surface area contributed by atoms with Gasteiger partial charge in [-0.05, 0) is 17.5 Å². The van der Waals surface area contributed by atoms with Gasteiger partial charge in [-0.2, -0.15) is 0 Å². The first-order chi connectivity index (χ1) is 7.54. The molecule has 0 amide bonds. The van der Waals surface area contributed by atoms with E-state index < -0.39 is 24.6 Å². The molecular weight excluding hydrogens is 208 g/mol. The summed E-state index contributed by atoms with van der Waals surface area (Å²) in [5.74, 6) is -1.13. The van der Waals surface area contributed by atoms with Gasteiger partial charge in [0.15, 0.2) is 0 Å². The highest BCUT2D eigenvalue weighted by molar-refractivity contribution is 5.67. The molecule has 1 aromatic carbocycles. The molecule has 0 aromatic heterocycles. The van der Waals surface area contributed by atoms with Crippen LogP contribution in [0.5, 0.6) is 0 Å². The number of carbonyl (C=O) groups is 1. The third-order valence-electron chi connectivity index (χ3n) is 2.45. The van der Waals surface area contributed by atoms with Gasteiger partial charge in [0.2, 0.25) is 0 Å². The highest BCUT2D eigenvalue weighted by Crippen LogP contribution is 2.20. The molecule has 0 aliphatic carbocycles. The summed E-state index contributed by atoms with van der Waals surface area (Å²) in [6, 6.07) is 7.15. The molecule has 4 heteroatoms. The van der Waals surface area contributed by atoms with E-state index in [1.807, 2.05) is 13.0 Å². The highest BCUT2D eigenvalue weighted by atomic mass is 16.4. The summed E-state index contributed by atoms with van der Waals surface area (Å²) >= 11 is 0. The average Bonchev–Trinajstić information content (AvgIpc) is 2.27. The number of rotatable bonds is 5. The molecule has 16 heavy (non-hydrogen) atoms. The second-order valence-electron chi connectivity index (χ2n) is 3.71. The Hall–Kier alpha value is -1.39. The van der Waals surface area contributed by atoms with E-state index in [1.54, 1.807) is 18.2 Å². The largest absolute Gasteiger partial charge is 0.481 e. The molecule has 0 radical (unpaired) electrons. The summed E-state index contributed by atoms with van der Waals surface area (Å²) < 4.78 is 0. The van der Waals surface area contributed by atoms with Crippen molar-refractivity contribution in [3.8, 4) is 0 Å². The Labute approximate surface area is 94.2 Å². The van der Waals surface area contributed by atoms with Crippen molar-refractivity contribution in [2.45, 2.75) is 32.0 Å². The molecule has 4 nitrogen and oxygen atoms in total. The predicted octanol–water partition coefficient (Wildman–Crippen LogP) is 1.12. The van der Waals surface area contributed by atoms with E-state index in [-0.39, 0.29) is 0 Å². The van der Waals surface area contributed by atoms with Crippen LogP contribution in [-0.4, -0.2) is 27.4 Å². The summed E-state index contributed by atoms with van der Waals surface area (Å²) in [5, 5.41) is 27.7. The minimum Gasteiger partial charge on any atom is -0.481 e. The number of hydrogen-bond acceptors (Lipinski definition) is 3. The fourth-order valence-electron chi connectivity index (χ4n) is 1.51. The summed E-state index contributed by atoms with van der Waals surface area (Å²) in [7, 11) is 0. The van der Waals surface area contributed by atoms with Crippen LogP contribution in [0, 0.1) is 0 Å². The van der Waals surface area contributed by atoms with Gasteiger partial charge >= 0.3 is 5.97 Å². The van der Waals surface area contributed by atoms with Gasteiger partial charge in [0.05, 0.1) is 12.5 Å². The molecule has 0 heterocycles. The fourth-order valence-corrected chi connectivity index (χ4v) is 1.51. The summed E-state index contributed by atoms with van der Waals surface area (Å²) in [6.45, 7) is 1.99. The second kappa shape index (κ2) is 5.63. The zero-order valence-electron chi connectivity index (χ0n) is 9.13. The molecule has 0 aliphatic rings. The molecule has 0 saturated carbocycles. The molecule has 3 N–H and O–H groups in total. The maximum Gasteiger partial charge on any atom is 0.306 e. The Morgan fingerprint density at radius 2 is 2.06 bits per heavy atom. The van der Waals surface area contributed by atoms with E-state index in [2.05, 4.69) is 0 Å². The third kappa shape index (κ3) is 3.32. The average molecular weight is 224 g/mol. The molecular formula is C12H16O4. The summed E-state index contributed by atoms with van der Waals surface area (Å²) in [5.41, 5.74) is 1.59. The smallest absolute Gasteiger partial charge is 0.306 e. The predicted molar refractivity (Wildman–Crippen MR) is 59.0 cm³/mol. The van der Waals surface area contributed by atoms with Gasteiger partial charge in [-0.1, -0.05) is 31.2 Å². The molecule has 0 fully saturated rings. The van der Waals surface area contributed by atoms with Crippen LogP contribution >= 0.6 is 0 Å². The molecule has 1 rings (SSSR count). The van der Waals surface area contributed by atoms with Crippen LogP contribution in [0.3, 0.4) is 0 Å². The molecule has 0 bridgehead atoms. The minimum absolute atomic E-state index is 0.461. The van der Waals surface area contributed by atoms with E-state index in [0.717, 1.165) is 12.0 Å². The zero-order valence-corrected chi connectivity index (χ0v) is 9.13. The lowest BCUT2D eigenvalue weighted by Crippen LogP contribution is -2.21.